The summed E-state index contributed by atoms with van der Waals surface area (Å²) in [5.74, 6) is -1.29. The van der Waals surface area contributed by atoms with Crippen molar-refractivity contribution in [2.45, 2.75) is 30.6 Å². The molecule has 24 heavy (non-hydrogen) atoms. The normalized spacial score (nSPS) is 30.0. The van der Waals surface area contributed by atoms with E-state index in [0.717, 1.165) is 10.9 Å². The van der Waals surface area contributed by atoms with Crippen LogP contribution in [0.4, 0.5) is 0 Å². The molecular formula is C13H20N4O7. The summed E-state index contributed by atoms with van der Waals surface area (Å²) in [5, 5.41) is 43.8. The van der Waals surface area contributed by atoms with E-state index >= 15 is 0 Å². The van der Waals surface area contributed by atoms with Crippen LogP contribution in [0.1, 0.15) is 27.2 Å². The number of aliphatic hydroxyl groups excluding tert-OH is 4. The molecular weight excluding hydrogens is 324 g/mol. The van der Waals surface area contributed by atoms with E-state index in [4.69, 9.17) is 4.74 Å². The molecule has 2 rings (SSSR count). The second-order valence-corrected chi connectivity index (χ2v) is 5.23. The van der Waals surface area contributed by atoms with Crippen LogP contribution in [0.2, 0.25) is 0 Å². The Hall–Kier alpha value is -2.05. The van der Waals surface area contributed by atoms with Gasteiger partial charge in [0.2, 0.25) is 0 Å². The molecule has 2 heterocycles. The Labute approximate surface area is 136 Å². The van der Waals surface area contributed by atoms with Gasteiger partial charge in [0.05, 0.1) is 12.9 Å². The summed E-state index contributed by atoms with van der Waals surface area (Å²) in [5.41, 5.74) is -0.394. The van der Waals surface area contributed by atoms with E-state index in [-0.39, 0.29) is 11.4 Å². The highest BCUT2D eigenvalue weighted by atomic mass is 16.6. The average Bonchev–Trinajstić information content (AvgIpc) is 3.03. The van der Waals surface area contributed by atoms with Crippen molar-refractivity contribution in [3.8, 4) is 0 Å². The van der Waals surface area contributed by atoms with Gasteiger partial charge in [-0.2, -0.15) is 0 Å². The molecule has 1 aromatic rings. The Morgan fingerprint density at radius 1 is 1.17 bits per heavy atom. The number of carbonyl (C=O) groups excluding carboxylic acids is 2. The van der Waals surface area contributed by atoms with E-state index < -0.39 is 49.1 Å². The monoisotopic (exact) mass is 344 g/mol. The minimum Gasteiger partial charge on any atom is -0.394 e. The number of aliphatic hydroxyl groups is 4. The van der Waals surface area contributed by atoms with E-state index in [1.807, 2.05) is 0 Å². The van der Waals surface area contributed by atoms with Crippen molar-refractivity contribution in [1.29, 1.82) is 0 Å². The first kappa shape index (κ1) is 18.3. The second kappa shape index (κ2) is 7.23. The molecule has 134 valence electrons. The summed E-state index contributed by atoms with van der Waals surface area (Å²) >= 11 is 0. The Morgan fingerprint density at radius 2 is 1.79 bits per heavy atom. The summed E-state index contributed by atoms with van der Waals surface area (Å²) in [6, 6.07) is 0. The van der Waals surface area contributed by atoms with Gasteiger partial charge in [0.25, 0.3) is 11.8 Å². The molecule has 1 aromatic heterocycles. The third kappa shape index (κ3) is 2.99. The number of hydrogen-bond acceptors (Lipinski definition) is 8. The first-order valence-electron chi connectivity index (χ1n) is 7.18. The Balaban J connectivity index is 2.49. The summed E-state index contributed by atoms with van der Waals surface area (Å²) < 4.78 is 6.46. The van der Waals surface area contributed by atoms with E-state index in [9.17, 15) is 30.0 Å². The molecule has 2 amide bonds. The van der Waals surface area contributed by atoms with Gasteiger partial charge in [-0.15, -0.1) is 0 Å². The zero-order valence-electron chi connectivity index (χ0n) is 13.1. The fraction of sp³-hybridized carbons (Fsp3) is 0.615. The smallest absolute Gasteiger partial charge is 0.272 e. The number of imidazole rings is 1. The van der Waals surface area contributed by atoms with E-state index in [1.54, 1.807) is 0 Å². The van der Waals surface area contributed by atoms with Crippen molar-refractivity contribution in [2.24, 2.45) is 0 Å². The first-order chi connectivity index (χ1) is 11.4. The lowest BCUT2D eigenvalue weighted by molar-refractivity contribution is -0.251. The van der Waals surface area contributed by atoms with Crippen molar-refractivity contribution in [1.82, 2.24) is 20.2 Å². The maximum absolute atomic E-state index is 12.1. The Morgan fingerprint density at radius 3 is 2.33 bits per heavy atom. The number of amides is 2. The van der Waals surface area contributed by atoms with Gasteiger partial charge in [-0.3, -0.25) is 14.2 Å². The van der Waals surface area contributed by atoms with Gasteiger partial charge in [0.15, 0.2) is 11.9 Å². The molecule has 5 atom stereocenters. The van der Waals surface area contributed by atoms with Gasteiger partial charge in [-0.05, 0) is 0 Å². The van der Waals surface area contributed by atoms with Crippen molar-refractivity contribution in [2.75, 3.05) is 20.7 Å². The van der Waals surface area contributed by atoms with Crippen LogP contribution in [0.3, 0.4) is 0 Å². The zero-order valence-corrected chi connectivity index (χ0v) is 13.1. The molecule has 1 saturated heterocycles. The topological polar surface area (TPSA) is 166 Å². The number of nitrogens with zero attached hydrogens (tertiary/aromatic N) is 2. The summed E-state index contributed by atoms with van der Waals surface area (Å²) in [6.07, 6.45) is -6.16. The molecule has 0 spiro atoms. The highest BCUT2D eigenvalue weighted by molar-refractivity contribution is 6.04. The van der Waals surface area contributed by atoms with E-state index in [0.29, 0.717) is 0 Å². The molecule has 11 nitrogen and oxygen atoms in total. The number of ether oxygens (including phenoxy) is 1. The predicted octanol–water partition coefficient (Wildman–Crippen LogP) is -3.43. The summed E-state index contributed by atoms with van der Waals surface area (Å²) in [4.78, 5) is 27.9. The number of carbonyl (C=O) groups is 2. The van der Waals surface area contributed by atoms with Crippen LogP contribution in [0.5, 0.6) is 0 Å². The Bertz CT molecular complexity index is 617. The van der Waals surface area contributed by atoms with Crippen LogP contribution in [0, 0.1) is 0 Å². The molecule has 0 saturated carbocycles. The van der Waals surface area contributed by atoms with Crippen LogP contribution in [0.25, 0.3) is 0 Å². The number of aromatic nitrogens is 2. The second-order valence-electron chi connectivity index (χ2n) is 5.23. The molecule has 0 radical (unpaired) electrons. The molecule has 0 aliphatic carbocycles. The largest absolute Gasteiger partial charge is 0.394 e. The highest BCUT2D eigenvalue weighted by Crippen LogP contribution is 2.30. The van der Waals surface area contributed by atoms with Gasteiger partial charge < -0.3 is 35.8 Å². The molecule has 11 heteroatoms. The lowest BCUT2D eigenvalue weighted by atomic mass is 9.98. The highest BCUT2D eigenvalue weighted by Gasteiger charge is 2.45. The molecule has 1 fully saturated rings. The van der Waals surface area contributed by atoms with Crippen LogP contribution in [-0.2, 0) is 4.74 Å². The van der Waals surface area contributed by atoms with Crippen LogP contribution in [-0.4, -0.2) is 86.9 Å². The SMILES string of the molecule is CNC(=O)c1ncn([C@@H]2O[C@H](CO)[C@H](O)[C@@H](O)[C@@H]2O)c1C(=O)NC. The molecule has 1 aliphatic rings. The van der Waals surface area contributed by atoms with Crippen molar-refractivity contribution >= 4 is 11.8 Å². The molecule has 0 unspecified atom stereocenters. The van der Waals surface area contributed by atoms with Crippen molar-refractivity contribution < 1.29 is 34.8 Å². The van der Waals surface area contributed by atoms with Gasteiger partial charge in [-0.1, -0.05) is 0 Å². The minimum atomic E-state index is -1.62. The van der Waals surface area contributed by atoms with Crippen LogP contribution >= 0.6 is 0 Å². The maximum Gasteiger partial charge on any atom is 0.272 e. The summed E-state index contributed by atoms with van der Waals surface area (Å²) in [6.45, 7) is -0.617. The van der Waals surface area contributed by atoms with Gasteiger partial charge in [-0.25, -0.2) is 4.98 Å². The quantitative estimate of drug-likeness (QED) is 0.328. The number of nitrogens with one attached hydrogen (secondary N) is 2. The molecule has 0 aromatic carbocycles. The van der Waals surface area contributed by atoms with Gasteiger partial charge in [0, 0.05) is 14.1 Å². The van der Waals surface area contributed by atoms with E-state index in [1.165, 1.54) is 14.1 Å². The zero-order chi connectivity index (χ0) is 18.0. The minimum absolute atomic E-state index is 0.193. The molecule has 6 N–H and O–H groups in total. The predicted molar refractivity (Wildman–Crippen MR) is 78.0 cm³/mol. The number of rotatable bonds is 4. The van der Waals surface area contributed by atoms with Crippen molar-refractivity contribution in [3.05, 3.63) is 17.7 Å². The standard InChI is InChI=1S/C13H20N4O7/c1-14-11(22)6-7(12(23)15-2)17(4-16-6)13-10(21)9(20)8(19)5(3-18)24-13/h4-5,8-10,13,18-21H,3H2,1-2H3,(H,14,22)(H,15,23)/t5-,8+,9-,10+,13-/m1/s1. The lowest BCUT2D eigenvalue weighted by Gasteiger charge is -2.40. The molecule has 0 bridgehead atoms. The third-order valence-electron chi connectivity index (χ3n) is 3.82. The van der Waals surface area contributed by atoms with Crippen molar-refractivity contribution in [3.63, 3.8) is 0 Å². The Kier molecular flexibility index (Phi) is 5.51. The van der Waals surface area contributed by atoms with Gasteiger partial charge >= 0.3 is 0 Å². The van der Waals surface area contributed by atoms with Crippen LogP contribution < -0.4 is 10.6 Å². The first-order valence-corrected chi connectivity index (χ1v) is 7.18. The lowest BCUT2D eigenvalue weighted by Crippen LogP contribution is -2.56. The fourth-order valence-electron chi connectivity index (χ4n) is 2.49. The number of hydrogen-bond donors (Lipinski definition) is 6. The summed E-state index contributed by atoms with van der Waals surface area (Å²) in [7, 11) is 2.71. The maximum atomic E-state index is 12.1. The van der Waals surface area contributed by atoms with Gasteiger partial charge in [0.1, 0.15) is 30.1 Å². The molecule has 1 aliphatic heterocycles. The van der Waals surface area contributed by atoms with E-state index in [2.05, 4.69) is 15.6 Å². The third-order valence-corrected chi connectivity index (χ3v) is 3.82. The fourth-order valence-corrected chi connectivity index (χ4v) is 2.49. The van der Waals surface area contributed by atoms with Crippen LogP contribution in [0.15, 0.2) is 6.33 Å². The average molecular weight is 344 g/mol.